The van der Waals surface area contributed by atoms with Gasteiger partial charge in [0.1, 0.15) is 0 Å². The van der Waals surface area contributed by atoms with Crippen LogP contribution in [0.15, 0.2) is 12.1 Å². The van der Waals surface area contributed by atoms with Gasteiger partial charge in [-0.25, -0.2) is 4.79 Å². The third kappa shape index (κ3) is 4.03. The van der Waals surface area contributed by atoms with Gasteiger partial charge in [0, 0.05) is 13.1 Å². The van der Waals surface area contributed by atoms with Crippen molar-refractivity contribution in [2.45, 2.75) is 0 Å². The highest BCUT2D eigenvalue weighted by Gasteiger charge is 2.11. The molecule has 1 aromatic rings. The lowest BCUT2D eigenvalue weighted by Crippen LogP contribution is -2.11. The highest BCUT2D eigenvalue weighted by atomic mass is 16.4. The molecule has 0 aliphatic heterocycles. The van der Waals surface area contributed by atoms with Crippen molar-refractivity contribution < 1.29 is 25.2 Å². The molecule has 8 N–H and O–H groups in total. The average molecular weight is 230 g/mol. The van der Waals surface area contributed by atoms with Gasteiger partial charge < -0.3 is 31.9 Å². The van der Waals surface area contributed by atoms with Crippen molar-refractivity contribution in [3.63, 3.8) is 0 Å². The van der Waals surface area contributed by atoms with E-state index in [0.29, 0.717) is 13.1 Å². The Morgan fingerprint density at radius 3 is 1.69 bits per heavy atom. The number of aromatic carboxylic acids is 1. The largest absolute Gasteiger partial charge is 0.504 e. The van der Waals surface area contributed by atoms with E-state index in [2.05, 4.69) is 0 Å². The van der Waals surface area contributed by atoms with E-state index < -0.39 is 23.2 Å². The quantitative estimate of drug-likeness (QED) is 0.371. The number of phenolic OH excluding ortho intramolecular Hbond substituents is 3. The van der Waals surface area contributed by atoms with Gasteiger partial charge in [0.2, 0.25) is 0 Å². The zero-order chi connectivity index (χ0) is 12.7. The van der Waals surface area contributed by atoms with E-state index in [-0.39, 0.29) is 5.56 Å². The summed E-state index contributed by atoms with van der Waals surface area (Å²) in [6.45, 7) is 1.19. The fourth-order valence-electron chi connectivity index (χ4n) is 0.728. The monoisotopic (exact) mass is 230 g/mol. The van der Waals surface area contributed by atoms with Crippen LogP contribution in [-0.2, 0) is 0 Å². The molecule has 0 saturated heterocycles. The summed E-state index contributed by atoms with van der Waals surface area (Å²) in [6.07, 6.45) is 0. The summed E-state index contributed by atoms with van der Waals surface area (Å²) in [7, 11) is 0. The second-order valence-corrected chi connectivity index (χ2v) is 2.75. The Kier molecular flexibility index (Phi) is 5.68. The second-order valence-electron chi connectivity index (χ2n) is 2.75. The van der Waals surface area contributed by atoms with Gasteiger partial charge in [0.25, 0.3) is 0 Å². The van der Waals surface area contributed by atoms with Gasteiger partial charge >= 0.3 is 5.97 Å². The van der Waals surface area contributed by atoms with Crippen molar-refractivity contribution in [1.82, 2.24) is 0 Å². The van der Waals surface area contributed by atoms with E-state index >= 15 is 0 Å². The Balaban J connectivity index is 0.000000487. The van der Waals surface area contributed by atoms with Crippen LogP contribution >= 0.6 is 0 Å². The van der Waals surface area contributed by atoms with Crippen molar-refractivity contribution in [3.05, 3.63) is 17.7 Å². The summed E-state index contributed by atoms with van der Waals surface area (Å²) in [5.74, 6) is -3.33. The Morgan fingerprint density at radius 1 is 1.06 bits per heavy atom. The molecule has 0 spiro atoms. The van der Waals surface area contributed by atoms with Crippen molar-refractivity contribution in [1.29, 1.82) is 0 Å². The SMILES string of the molecule is NCCN.O=C(O)c1cc(O)c(O)c(O)c1. The van der Waals surface area contributed by atoms with Gasteiger partial charge in [0.05, 0.1) is 5.56 Å². The molecule has 0 aliphatic carbocycles. The molecule has 0 unspecified atom stereocenters. The van der Waals surface area contributed by atoms with Gasteiger partial charge in [-0.3, -0.25) is 0 Å². The van der Waals surface area contributed by atoms with Crippen LogP contribution in [0.1, 0.15) is 10.4 Å². The molecule has 0 atom stereocenters. The number of carboxylic acids is 1. The summed E-state index contributed by atoms with van der Waals surface area (Å²) in [5.41, 5.74) is 9.52. The molecular weight excluding hydrogens is 216 g/mol. The Bertz CT molecular complexity index is 342. The number of benzene rings is 1. The maximum Gasteiger partial charge on any atom is 0.335 e. The Hall–Kier alpha value is -1.99. The van der Waals surface area contributed by atoms with E-state index in [9.17, 15) is 4.79 Å². The van der Waals surface area contributed by atoms with Gasteiger partial charge in [-0.2, -0.15) is 0 Å². The zero-order valence-corrected chi connectivity index (χ0v) is 8.42. The van der Waals surface area contributed by atoms with E-state index in [1.807, 2.05) is 0 Å². The fourth-order valence-corrected chi connectivity index (χ4v) is 0.728. The number of aromatic hydroxyl groups is 3. The van der Waals surface area contributed by atoms with Crippen LogP contribution in [0.4, 0.5) is 0 Å². The Morgan fingerprint density at radius 2 is 1.44 bits per heavy atom. The zero-order valence-electron chi connectivity index (χ0n) is 8.42. The highest BCUT2D eigenvalue weighted by molar-refractivity contribution is 5.89. The number of rotatable bonds is 2. The number of nitrogens with two attached hydrogens (primary N) is 2. The number of carboxylic acid groups (broad SMARTS) is 1. The maximum absolute atomic E-state index is 10.3. The molecule has 0 saturated carbocycles. The number of carbonyl (C=O) groups is 1. The van der Waals surface area contributed by atoms with Crippen molar-refractivity contribution >= 4 is 5.97 Å². The van der Waals surface area contributed by atoms with Crippen LogP contribution in [0.3, 0.4) is 0 Å². The van der Waals surface area contributed by atoms with Crippen molar-refractivity contribution in [2.24, 2.45) is 11.5 Å². The second kappa shape index (κ2) is 6.49. The molecule has 1 aromatic carbocycles. The van der Waals surface area contributed by atoms with Gasteiger partial charge in [-0.05, 0) is 12.1 Å². The van der Waals surface area contributed by atoms with Crippen LogP contribution in [0.2, 0.25) is 0 Å². The third-order valence-corrected chi connectivity index (χ3v) is 1.48. The lowest BCUT2D eigenvalue weighted by molar-refractivity contribution is 0.0696. The molecule has 0 radical (unpaired) electrons. The maximum atomic E-state index is 10.3. The molecular formula is C9H14N2O5. The van der Waals surface area contributed by atoms with Gasteiger partial charge in [0.15, 0.2) is 17.2 Å². The van der Waals surface area contributed by atoms with Gasteiger partial charge in [-0.15, -0.1) is 0 Å². The molecule has 90 valence electrons. The molecule has 0 amide bonds. The standard InChI is InChI=1S/C7H6O5.C2H8N2/c8-4-1-3(7(11)12)2-5(9)6(4)10;3-1-2-4/h1-2,8-10H,(H,11,12);1-4H2. The summed E-state index contributed by atoms with van der Waals surface area (Å²) >= 11 is 0. The Labute approximate surface area is 91.6 Å². The minimum absolute atomic E-state index is 0.289. The molecule has 16 heavy (non-hydrogen) atoms. The fraction of sp³-hybridized carbons (Fsp3) is 0.222. The predicted octanol–water partition coefficient (Wildman–Crippen LogP) is -0.595. The van der Waals surface area contributed by atoms with E-state index in [1.54, 1.807) is 0 Å². The molecule has 1 rings (SSSR count). The van der Waals surface area contributed by atoms with E-state index in [1.165, 1.54) is 0 Å². The summed E-state index contributed by atoms with van der Waals surface area (Å²) in [6, 6.07) is 1.69. The van der Waals surface area contributed by atoms with E-state index in [0.717, 1.165) is 12.1 Å². The first-order chi connectivity index (χ1) is 7.43. The molecule has 0 aromatic heterocycles. The highest BCUT2D eigenvalue weighted by Crippen LogP contribution is 2.35. The minimum Gasteiger partial charge on any atom is -0.504 e. The first-order valence-corrected chi connectivity index (χ1v) is 4.32. The van der Waals surface area contributed by atoms with Crippen LogP contribution in [0, 0.1) is 0 Å². The van der Waals surface area contributed by atoms with E-state index in [4.69, 9.17) is 31.9 Å². The topological polar surface area (TPSA) is 150 Å². The number of hydrogen-bond donors (Lipinski definition) is 6. The van der Waals surface area contributed by atoms with Crippen LogP contribution in [0.25, 0.3) is 0 Å². The van der Waals surface area contributed by atoms with Crippen LogP contribution in [-0.4, -0.2) is 39.5 Å². The molecule has 0 aliphatic rings. The first-order valence-electron chi connectivity index (χ1n) is 4.32. The number of hydrogen-bond acceptors (Lipinski definition) is 6. The normalized spacial score (nSPS) is 9.12. The molecule has 7 heteroatoms. The van der Waals surface area contributed by atoms with Crippen molar-refractivity contribution in [2.75, 3.05) is 13.1 Å². The minimum atomic E-state index is -1.29. The third-order valence-electron chi connectivity index (χ3n) is 1.48. The van der Waals surface area contributed by atoms with Crippen LogP contribution < -0.4 is 11.5 Å². The van der Waals surface area contributed by atoms with Gasteiger partial charge in [-0.1, -0.05) is 0 Å². The predicted molar refractivity (Wildman–Crippen MR) is 56.5 cm³/mol. The molecule has 0 fully saturated rings. The molecule has 7 nitrogen and oxygen atoms in total. The lowest BCUT2D eigenvalue weighted by Gasteiger charge is -2.01. The first kappa shape index (κ1) is 14.0. The summed E-state index contributed by atoms with van der Waals surface area (Å²) in [4.78, 5) is 10.3. The molecule has 0 heterocycles. The van der Waals surface area contributed by atoms with Crippen molar-refractivity contribution in [3.8, 4) is 17.2 Å². The molecule has 0 bridgehead atoms. The smallest absolute Gasteiger partial charge is 0.335 e. The summed E-state index contributed by atoms with van der Waals surface area (Å²) in [5, 5.41) is 35.0. The lowest BCUT2D eigenvalue weighted by atomic mass is 10.2. The van der Waals surface area contributed by atoms with Crippen LogP contribution in [0.5, 0.6) is 17.2 Å². The average Bonchev–Trinajstić information content (AvgIpc) is 2.25. The summed E-state index contributed by atoms with van der Waals surface area (Å²) < 4.78 is 0. The number of phenols is 3.